The Morgan fingerprint density at radius 3 is 2.54 bits per heavy atom. The van der Waals surface area contributed by atoms with Crippen molar-refractivity contribution in [3.05, 3.63) is 74.7 Å². The quantitative estimate of drug-likeness (QED) is 0.357. The number of carbonyl (C=O) groups is 1. The van der Waals surface area contributed by atoms with E-state index in [0.717, 1.165) is 47.0 Å². The maximum absolute atomic E-state index is 14.1. The fourth-order valence-corrected chi connectivity index (χ4v) is 5.83. The number of amides is 1. The molecule has 1 aliphatic rings. The van der Waals surface area contributed by atoms with Gasteiger partial charge in [0.2, 0.25) is 5.91 Å². The molecular weight excluding hydrogens is 471 g/mol. The average Bonchev–Trinajstić information content (AvgIpc) is 3.06. The lowest BCUT2D eigenvalue weighted by atomic mass is 9.94. The number of anilines is 2. The van der Waals surface area contributed by atoms with E-state index in [9.17, 15) is 18.0 Å². The number of hydrogen-bond donors (Lipinski definition) is 0. The second-order valence-electron chi connectivity index (χ2n) is 9.36. The van der Waals surface area contributed by atoms with E-state index in [1.165, 1.54) is 20.7 Å². The van der Waals surface area contributed by atoms with Crippen molar-refractivity contribution in [2.75, 3.05) is 23.9 Å². The minimum absolute atomic E-state index is 0.0656. The van der Waals surface area contributed by atoms with Gasteiger partial charge in [-0.15, -0.1) is 11.3 Å². The Morgan fingerprint density at radius 2 is 1.89 bits per heavy atom. The number of halogens is 3. The first kappa shape index (κ1) is 25.2. The zero-order valence-electron chi connectivity index (χ0n) is 20.4. The van der Waals surface area contributed by atoms with Crippen LogP contribution in [0.25, 0.3) is 0 Å². The van der Waals surface area contributed by atoms with Crippen LogP contribution >= 0.6 is 11.3 Å². The van der Waals surface area contributed by atoms with Crippen LogP contribution in [-0.4, -0.2) is 25.0 Å². The minimum atomic E-state index is -4.55. The molecule has 186 valence electrons. The fourth-order valence-electron chi connectivity index (χ4n) is 4.69. The number of benzene rings is 1. The van der Waals surface area contributed by atoms with Crippen molar-refractivity contribution in [1.82, 2.24) is 4.98 Å². The standard InChI is InChI=1S/C27H30F3N3OS/c1-17-9-10-19(15-31-17)16-33(20-11-12-24(32(3)4)23(14-20)27(28,29)30)26(34)21-7-5-6-8-25-22(21)13-18(2)35-25/h9-15,21H,5-8,16H2,1-4H3. The number of alkyl halides is 3. The van der Waals surface area contributed by atoms with Crippen LogP contribution in [0.4, 0.5) is 24.5 Å². The molecular formula is C27H30F3N3OS. The molecule has 1 aliphatic carbocycles. The Hall–Kier alpha value is -2.87. The van der Waals surface area contributed by atoms with Crippen molar-refractivity contribution in [3.63, 3.8) is 0 Å². The number of fused-ring (bicyclic) bond motifs is 1. The molecule has 0 aliphatic heterocycles. The van der Waals surface area contributed by atoms with Gasteiger partial charge in [0, 0.05) is 47.1 Å². The van der Waals surface area contributed by atoms with Crippen LogP contribution in [0.1, 0.15) is 57.3 Å². The SMILES string of the molecule is Cc1ccc(CN(C(=O)C2CCCCc3sc(C)cc32)c2ccc(N(C)C)c(C(F)(F)F)c2)cn1. The highest BCUT2D eigenvalue weighted by Crippen LogP contribution is 2.41. The van der Waals surface area contributed by atoms with Crippen LogP contribution in [0.3, 0.4) is 0 Å². The zero-order valence-corrected chi connectivity index (χ0v) is 21.3. The van der Waals surface area contributed by atoms with Crippen LogP contribution in [0, 0.1) is 13.8 Å². The van der Waals surface area contributed by atoms with E-state index in [1.807, 2.05) is 26.0 Å². The normalized spacial score (nSPS) is 15.9. The van der Waals surface area contributed by atoms with Gasteiger partial charge in [0.15, 0.2) is 0 Å². The number of carbonyl (C=O) groups excluding carboxylic acids is 1. The molecule has 3 aromatic rings. The van der Waals surface area contributed by atoms with Gasteiger partial charge in [0.05, 0.1) is 18.0 Å². The number of aromatic nitrogens is 1. The Bertz CT molecular complexity index is 1200. The molecule has 2 aromatic heterocycles. The molecule has 1 atom stereocenters. The van der Waals surface area contributed by atoms with Gasteiger partial charge in [0.1, 0.15) is 0 Å². The topological polar surface area (TPSA) is 36.4 Å². The average molecular weight is 502 g/mol. The second kappa shape index (κ2) is 10.0. The van der Waals surface area contributed by atoms with Crippen LogP contribution in [-0.2, 0) is 23.9 Å². The van der Waals surface area contributed by atoms with Crippen molar-refractivity contribution in [2.45, 2.75) is 58.2 Å². The van der Waals surface area contributed by atoms with Gasteiger partial charge in [0.25, 0.3) is 0 Å². The van der Waals surface area contributed by atoms with E-state index in [1.54, 1.807) is 37.7 Å². The highest BCUT2D eigenvalue weighted by Gasteiger charge is 2.36. The number of nitrogens with zero attached hydrogens (tertiary/aromatic N) is 3. The minimum Gasteiger partial charge on any atom is -0.377 e. The molecule has 0 bridgehead atoms. The third-order valence-electron chi connectivity index (χ3n) is 6.44. The third-order valence-corrected chi connectivity index (χ3v) is 7.57. The van der Waals surface area contributed by atoms with E-state index in [2.05, 4.69) is 11.1 Å². The van der Waals surface area contributed by atoms with Gasteiger partial charge < -0.3 is 9.80 Å². The molecule has 0 fully saturated rings. The largest absolute Gasteiger partial charge is 0.418 e. The Kier molecular flexibility index (Phi) is 7.22. The van der Waals surface area contributed by atoms with E-state index < -0.39 is 11.7 Å². The van der Waals surface area contributed by atoms with Gasteiger partial charge in [-0.25, -0.2) is 0 Å². The number of rotatable bonds is 5. The molecule has 35 heavy (non-hydrogen) atoms. The van der Waals surface area contributed by atoms with Crippen molar-refractivity contribution in [3.8, 4) is 0 Å². The summed E-state index contributed by atoms with van der Waals surface area (Å²) in [5.74, 6) is -0.545. The molecule has 1 aromatic carbocycles. The van der Waals surface area contributed by atoms with Crippen molar-refractivity contribution >= 4 is 28.6 Å². The van der Waals surface area contributed by atoms with Gasteiger partial charge in [-0.05, 0) is 74.6 Å². The third kappa shape index (κ3) is 5.53. The van der Waals surface area contributed by atoms with Gasteiger partial charge in [-0.1, -0.05) is 12.5 Å². The molecule has 0 N–H and O–H groups in total. The van der Waals surface area contributed by atoms with E-state index >= 15 is 0 Å². The molecule has 8 heteroatoms. The maximum Gasteiger partial charge on any atom is 0.418 e. The summed E-state index contributed by atoms with van der Waals surface area (Å²) in [5.41, 5.74) is 2.19. The first-order chi connectivity index (χ1) is 16.5. The van der Waals surface area contributed by atoms with Crippen LogP contribution in [0.5, 0.6) is 0 Å². The van der Waals surface area contributed by atoms with Crippen molar-refractivity contribution in [2.24, 2.45) is 0 Å². The van der Waals surface area contributed by atoms with Gasteiger partial charge in [-0.3, -0.25) is 9.78 Å². The number of thiophene rings is 1. The smallest absolute Gasteiger partial charge is 0.377 e. The predicted octanol–water partition coefficient (Wildman–Crippen LogP) is 6.89. The van der Waals surface area contributed by atoms with Crippen LogP contribution in [0.2, 0.25) is 0 Å². The summed E-state index contributed by atoms with van der Waals surface area (Å²) in [6.45, 7) is 4.06. The summed E-state index contributed by atoms with van der Waals surface area (Å²) in [5, 5.41) is 0. The van der Waals surface area contributed by atoms with Gasteiger partial charge >= 0.3 is 6.18 Å². The first-order valence-corrected chi connectivity index (χ1v) is 12.6. The van der Waals surface area contributed by atoms with Crippen LogP contribution < -0.4 is 9.80 Å². The molecule has 1 unspecified atom stereocenters. The Balaban J connectivity index is 1.80. The number of hydrogen-bond acceptors (Lipinski definition) is 4. The second-order valence-corrected chi connectivity index (χ2v) is 10.7. The van der Waals surface area contributed by atoms with E-state index in [4.69, 9.17) is 0 Å². The highest BCUT2D eigenvalue weighted by atomic mass is 32.1. The zero-order chi connectivity index (χ0) is 25.3. The fraction of sp³-hybridized carbons (Fsp3) is 0.407. The monoisotopic (exact) mass is 501 g/mol. The Labute approximate surface area is 208 Å². The van der Waals surface area contributed by atoms with Crippen molar-refractivity contribution < 1.29 is 18.0 Å². The number of aryl methyl sites for hydroxylation is 3. The summed E-state index contributed by atoms with van der Waals surface area (Å²) in [6, 6.07) is 9.95. The summed E-state index contributed by atoms with van der Waals surface area (Å²) >= 11 is 1.71. The summed E-state index contributed by atoms with van der Waals surface area (Å²) < 4.78 is 42.0. The molecule has 2 heterocycles. The highest BCUT2D eigenvalue weighted by molar-refractivity contribution is 7.12. The lowest BCUT2D eigenvalue weighted by molar-refractivity contribution is -0.137. The lowest BCUT2D eigenvalue weighted by Gasteiger charge is -2.29. The van der Waals surface area contributed by atoms with Crippen LogP contribution in [0.15, 0.2) is 42.6 Å². The molecule has 0 radical (unpaired) electrons. The Morgan fingerprint density at radius 1 is 1.11 bits per heavy atom. The summed E-state index contributed by atoms with van der Waals surface area (Å²) in [6.07, 6.45) is 0.678. The summed E-state index contributed by atoms with van der Waals surface area (Å²) in [4.78, 5) is 23.7. The molecule has 4 nitrogen and oxygen atoms in total. The molecule has 4 rings (SSSR count). The maximum atomic E-state index is 14.1. The lowest BCUT2D eigenvalue weighted by Crippen LogP contribution is -2.35. The molecule has 1 amide bonds. The molecule has 0 saturated carbocycles. The summed E-state index contributed by atoms with van der Waals surface area (Å²) in [7, 11) is 3.16. The van der Waals surface area contributed by atoms with E-state index in [-0.39, 0.29) is 29.7 Å². The molecule has 0 spiro atoms. The van der Waals surface area contributed by atoms with E-state index in [0.29, 0.717) is 6.42 Å². The molecule has 0 saturated heterocycles. The number of pyridine rings is 1. The van der Waals surface area contributed by atoms with Crippen molar-refractivity contribution in [1.29, 1.82) is 0 Å². The van der Waals surface area contributed by atoms with Gasteiger partial charge in [-0.2, -0.15) is 13.2 Å². The first-order valence-electron chi connectivity index (χ1n) is 11.8. The predicted molar refractivity (Wildman–Crippen MR) is 135 cm³/mol.